The Balaban J connectivity index is 1.70. The summed E-state index contributed by atoms with van der Waals surface area (Å²) >= 11 is 9.26. The van der Waals surface area contributed by atoms with E-state index in [0.29, 0.717) is 15.0 Å². The lowest BCUT2D eigenvalue weighted by atomic mass is 10.1. The topological polar surface area (TPSA) is 42.0 Å². The van der Waals surface area contributed by atoms with Crippen molar-refractivity contribution in [3.63, 3.8) is 0 Å². The van der Waals surface area contributed by atoms with E-state index in [1.165, 1.54) is 28.2 Å². The molecular weight excluding hydrogens is 360 g/mol. The van der Waals surface area contributed by atoms with Crippen molar-refractivity contribution in [1.82, 2.24) is 4.98 Å². The van der Waals surface area contributed by atoms with Gasteiger partial charge in [0.15, 0.2) is 5.13 Å². The Morgan fingerprint density at radius 2 is 1.96 bits per heavy atom. The van der Waals surface area contributed by atoms with Gasteiger partial charge in [0.05, 0.1) is 15.2 Å². The number of hydrogen-bond acceptors (Lipinski definition) is 4. The summed E-state index contributed by atoms with van der Waals surface area (Å²) in [6, 6.07) is 11.9. The number of carbonyl (C=O) groups excluding carboxylic acids is 1. The van der Waals surface area contributed by atoms with Crippen LogP contribution in [0.3, 0.4) is 0 Å². The van der Waals surface area contributed by atoms with Crippen molar-refractivity contribution in [2.24, 2.45) is 0 Å². The third-order valence-corrected chi connectivity index (χ3v) is 6.58. The molecule has 2 aromatic carbocycles. The van der Waals surface area contributed by atoms with E-state index in [4.69, 9.17) is 11.6 Å². The van der Waals surface area contributed by atoms with Gasteiger partial charge < -0.3 is 0 Å². The minimum atomic E-state index is -0.213. The first-order valence-corrected chi connectivity index (χ1v) is 9.40. The van der Waals surface area contributed by atoms with Gasteiger partial charge in [-0.2, -0.15) is 0 Å². The summed E-state index contributed by atoms with van der Waals surface area (Å²) < 4.78 is 2.10. The highest BCUT2D eigenvalue weighted by molar-refractivity contribution is 7.23. The smallest absolute Gasteiger partial charge is 0.269 e. The number of benzene rings is 2. The van der Waals surface area contributed by atoms with E-state index in [-0.39, 0.29) is 5.91 Å². The number of rotatable bonds is 2. The molecule has 0 bridgehead atoms. The van der Waals surface area contributed by atoms with Gasteiger partial charge in [0.1, 0.15) is 4.88 Å². The van der Waals surface area contributed by atoms with E-state index in [0.717, 1.165) is 25.9 Å². The first-order chi connectivity index (χ1) is 11.5. The molecule has 0 atom stereocenters. The highest BCUT2D eigenvalue weighted by Crippen LogP contribution is 2.36. The monoisotopic (exact) mass is 372 g/mol. The van der Waals surface area contributed by atoms with Gasteiger partial charge in [-0.15, -0.1) is 11.3 Å². The molecule has 24 heavy (non-hydrogen) atoms. The van der Waals surface area contributed by atoms with Crippen molar-refractivity contribution in [3.05, 3.63) is 57.4 Å². The number of nitrogens with zero attached hydrogens (tertiary/aromatic N) is 1. The van der Waals surface area contributed by atoms with Gasteiger partial charge in [-0.05, 0) is 37.1 Å². The van der Waals surface area contributed by atoms with E-state index < -0.39 is 0 Å². The standard InChI is InChI=1S/C18H13ClN2OS2/c1-9-7-10(2)15-12(8-9)20-18(24-15)21-17(22)16-14(19)11-5-3-4-6-13(11)23-16/h3-8H,1-2H3,(H,20,21,22). The Bertz CT molecular complexity index is 1100. The molecule has 0 radical (unpaired) electrons. The maximum atomic E-state index is 12.6. The van der Waals surface area contributed by atoms with Crippen molar-refractivity contribution in [3.8, 4) is 0 Å². The molecule has 0 aliphatic rings. The number of hydrogen-bond donors (Lipinski definition) is 1. The predicted molar refractivity (Wildman–Crippen MR) is 104 cm³/mol. The fourth-order valence-corrected chi connectivity index (χ4v) is 5.07. The first kappa shape index (κ1) is 15.6. The number of anilines is 1. The number of halogens is 1. The van der Waals surface area contributed by atoms with Crippen molar-refractivity contribution >= 4 is 65.6 Å². The lowest BCUT2D eigenvalue weighted by Crippen LogP contribution is -2.10. The second kappa shape index (κ2) is 5.84. The SMILES string of the molecule is Cc1cc(C)c2sc(NC(=O)c3sc4ccccc4c3Cl)nc2c1. The van der Waals surface area contributed by atoms with Gasteiger partial charge in [-0.1, -0.05) is 47.2 Å². The van der Waals surface area contributed by atoms with Gasteiger partial charge in [-0.25, -0.2) is 4.98 Å². The second-order valence-corrected chi connectivity index (χ2v) is 8.07. The number of thiazole rings is 1. The van der Waals surface area contributed by atoms with Gasteiger partial charge >= 0.3 is 0 Å². The molecule has 0 fully saturated rings. The lowest BCUT2D eigenvalue weighted by Gasteiger charge is -1.98. The summed E-state index contributed by atoms with van der Waals surface area (Å²) in [6.45, 7) is 4.10. The van der Waals surface area contributed by atoms with E-state index in [1.54, 1.807) is 0 Å². The van der Waals surface area contributed by atoms with Crippen molar-refractivity contribution in [1.29, 1.82) is 0 Å². The fraction of sp³-hybridized carbons (Fsp3) is 0.111. The number of nitrogens with one attached hydrogen (secondary N) is 1. The molecule has 0 unspecified atom stereocenters. The summed E-state index contributed by atoms with van der Waals surface area (Å²) in [6.07, 6.45) is 0. The van der Waals surface area contributed by atoms with E-state index in [2.05, 4.69) is 23.3 Å². The first-order valence-electron chi connectivity index (χ1n) is 7.39. The third kappa shape index (κ3) is 2.59. The van der Waals surface area contributed by atoms with Crippen LogP contribution in [-0.4, -0.2) is 10.9 Å². The van der Waals surface area contributed by atoms with Crippen LogP contribution in [0.2, 0.25) is 5.02 Å². The van der Waals surface area contributed by atoms with Crippen LogP contribution in [0.25, 0.3) is 20.3 Å². The molecule has 2 aromatic heterocycles. The van der Waals surface area contributed by atoms with Crippen molar-refractivity contribution in [2.45, 2.75) is 13.8 Å². The molecule has 3 nitrogen and oxygen atoms in total. The third-order valence-electron chi connectivity index (χ3n) is 3.78. The van der Waals surface area contributed by atoms with Gasteiger partial charge in [0.25, 0.3) is 5.91 Å². The van der Waals surface area contributed by atoms with Crippen LogP contribution in [0, 0.1) is 13.8 Å². The van der Waals surface area contributed by atoms with Gasteiger partial charge in [-0.3, -0.25) is 10.1 Å². The quantitative estimate of drug-likeness (QED) is 0.466. The zero-order chi connectivity index (χ0) is 16.8. The second-order valence-electron chi connectivity index (χ2n) is 5.64. The van der Waals surface area contributed by atoms with E-state index in [1.807, 2.05) is 37.3 Å². The highest BCUT2D eigenvalue weighted by Gasteiger charge is 2.18. The number of thiophene rings is 1. The van der Waals surface area contributed by atoms with Crippen LogP contribution >= 0.6 is 34.3 Å². The number of aryl methyl sites for hydroxylation is 2. The zero-order valence-electron chi connectivity index (χ0n) is 13.0. The lowest BCUT2D eigenvalue weighted by molar-refractivity contribution is 0.103. The number of amides is 1. The zero-order valence-corrected chi connectivity index (χ0v) is 15.4. The number of carbonyl (C=O) groups is 1. The minimum Gasteiger partial charge on any atom is -0.297 e. The normalized spacial score (nSPS) is 11.3. The molecule has 0 saturated heterocycles. The van der Waals surface area contributed by atoms with Gasteiger partial charge in [0, 0.05) is 10.1 Å². The average molecular weight is 373 g/mol. The van der Waals surface area contributed by atoms with Crippen LogP contribution in [0.1, 0.15) is 20.8 Å². The number of aromatic nitrogens is 1. The molecule has 0 saturated carbocycles. The molecule has 6 heteroatoms. The maximum Gasteiger partial charge on any atom is 0.269 e. The van der Waals surface area contributed by atoms with Crippen molar-refractivity contribution in [2.75, 3.05) is 5.32 Å². The van der Waals surface area contributed by atoms with Crippen molar-refractivity contribution < 1.29 is 4.79 Å². The number of fused-ring (bicyclic) bond motifs is 2. The molecule has 1 amide bonds. The Kier molecular flexibility index (Phi) is 3.79. The summed E-state index contributed by atoms with van der Waals surface area (Å²) in [7, 11) is 0. The maximum absolute atomic E-state index is 12.6. The largest absolute Gasteiger partial charge is 0.297 e. The summed E-state index contributed by atoms with van der Waals surface area (Å²) in [5.41, 5.74) is 3.24. The van der Waals surface area contributed by atoms with Crippen LogP contribution in [0.15, 0.2) is 36.4 Å². The minimum absolute atomic E-state index is 0.213. The Labute approximate surface area is 151 Å². The molecule has 4 rings (SSSR count). The summed E-state index contributed by atoms with van der Waals surface area (Å²) in [4.78, 5) is 17.7. The Hall–Kier alpha value is -1.95. The molecule has 0 spiro atoms. The van der Waals surface area contributed by atoms with E-state index in [9.17, 15) is 4.79 Å². The average Bonchev–Trinajstić information content (AvgIpc) is 3.09. The van der Waals surface area contributed by atoms with Gasteiger partial charge in [0.2, 0.25) is 0 Å². The fourth-order valence-electron chi connectivity index (χ4n) is 2.74. The van der Waals surface area contributed by atoms with E-state index >= 15 is 0 Å². The Morgan fingerprint density at radius 3 is 2.75 bits per heavy atom. The highest BCUT2D eigenvalue weighted by atomic mass is 35.5. The van der Waals surface area contributed by atoms with Crippen LogP contribution < -0.4 is 5.32 Å². The Morgan fingerprint density at radius 1 is 1.17 bits per heavy atom. The molecular formula is C18H13ClN2OS2. The summed E-state index contributed by atoms with van der Waals surface area (Å²) in [5, 5.41) is 4.89. The summed E-state index contributed by atoms with van der Waals surface area (Å²) in [5.74, 6) is -0.213. The predicted octanol–water partition coefficient (Wildman–Crippen LogP) is 6.03. The molecule has 2 heterocycles. The molecule has 4 aromatic rings. The molecule has 0 aliphatic carbocycles. The molecule has 0 aliphatic heterocycles. The molecule has 120 valence electrons. The van der Waals surface area contributed by atoms with Crippen LogP contribution in [0.5, 0.6) is 0 Å². The van der Waals surface area contributed by atoms with Crippen LogP contribution in [0.4, 0.5) is 5.13 Å². The van der Waals surface area contributed by atoms with Crippen LogP contribution in [-0.2, 0) is 0 Å². The molecule has 1 N–H and O–H groups in total.